The maximum atomic E-state index is 12.3. The second kappa shape index (κ2) is 5.80. The summed E-state index contributed by atoms with van der Waals surface area (Å²) in [4.78, 5) is 24.0. The maximum absolute atomic E-state index is 12.3. The molecule has 1 aliphatic carbocycles. The molecule has 1 aliphatic rings. The number of ketones is 2. The summed E-state index contributed by atoms with van der Waals surface area (Å²) in [6.07, 6.45) is 4.05. The van der Waals surface area contributed by atoms with E-state index in [4.69, 9.17) is 0 Å². The third-order valence-electron chi connectivity index (χ3n) is 4.12. The lowest BCUT2D eigenvalue weighted by atomic mass is 9.90. The van der Waals surface area contributed by atoms with Gasteiger partial charge < -0.3 is 0 Å². The SMILES string of the molecule is O=C1C=CC(=O)C(c2cc(Br)cc3c2ccc2ccc(Br)cc23)=C1. The Hall–Kier alpha value is -2.04. The monoisotopic (exact) mass is 440 g/mol. The zero-order valence-corrected chi connectivity index (χ0v) is 15.5. The highest BCUT2D eigenvalue weighted by molar-refractivity contribution is 9.10. The van der Waals surface area contributed by atoms with Gasteiger partial charge in [-0.25, -0.2) is 0 Å². The molecule has 0 bridgehead atoms. The molecule has 0 radical (unpaired) electrons. The lowest BCUT2D eigenvalue weighted by Crippen LogP contribution is -2.07. The Morgan fingerprint density at radius 1 is 0.708 bits per heavy atom. The molecule has 0 saturated carbocycles. The normalized spacial score (nSPS) is 14.5. The Kier molecular flexibility index (Phi) is 3.74. The van der Waals surface area contributed by atoms with Crippen molar-refractivity contribution in [1.29, 1.82) is 0 Å². The summed E-state index contributed by atoms with van der Waals surface area (Å²) in [6, 6.07) is 14.1. The van der Waals surface area contributed by atoms with Crippen LogP contribution in [0, 0.1) is 0 Å². The van der Waals surface area contributed by atoms with Crippen molar-refractivity contribution in [3.05, 3.63) is 75.2 Å². The molecule has 0 aliphatic heterocycles. The molecule has 3 aromatic rings. The number of fused-ring (bicyclic) bond motifs is 3. The van der Waals surface area contributed by atoms with Gasteiger partial charge in [-0.2, -0.15) is 0 Å². The van der Waals surface area contributed by atoms with Crippen molar-refractivity contribution in [1.82, 2.24) is 0 Å². The van der Waals surface area contributed by atoms with Crippen LogP contribution in [-0.4, -0.2) is 11.6 Å². The Morgan fingerprint density at radius 2 is 1.46 bits per heavy atom. The Labute approximate surface area is 155 Å². The predicted octanol–water partition coefficient (Wildman–Crippen LogP) is 5.61. The van der Waals surface area contributed by atoms with E-state index in [0.717, 1.165) is 36.1 Å². The number of carbonyl (C=O) groups excluding carboxylic acids is 2. The standard InChI is InChI=1S/C20H10Br2O2/c21-12-3-1-11-2-5-15-17(16(11)7-12)8-13(22)9-18(15)19-10-14(23)4-6-20(19)24/h1-10H. The fourth-order valence-electron chi connectivity index (χ4n) is 3.04. The van der Waals surface area contributed by atoms with Gasteiger partial charge in [0.05, 0.1) is 0 Å². The third-order valence-corrected chi connectivity index (χ3v) is 5.07. The number of carbonyl (C=O) groups is 2. The van der Waals surface area contributed by atoms with Crippen LogP contribution in [-0.2, 0) is 9.59 Å². The molecule has 0 unspecified atom stereocenters. The molecule has 4 heteroatoms. The number of halogens is 2. The topological polar surface area (TPSA) is 34.1 Å². The summed E-state index contributed by atoms with van der Waals surface area (Å²) in [5.74, 6) is -0.315. The highest BCUT2D eigenvalue weighted by Crippen LogP contribution is 2.35. The summed E-state index contributed by atoms with van der Waals surface area (Å²) < 4.78 is 1.86. The molecule has 0 heterocycles. The number of benzene rings is 3. The van der Waals surface area contributed by atoms with E-state index in [1.54, 1.807) is 0 Å². The molecule has 0 aromatic heterocycles. The molecule has 0 fully saturated rings. The minimum absolute atomic E-state index is 0.150. The van der Waals surface area contributed by atoms with Gasteiger partial charge in [-0.3, -0.25) is 9.59 Å². The van der Waals surface area contributed by atoms with E-state index in [0.29, 0.717) is 5.57 Å². The van der Waals surface area contributed by atoms with Crippen molar-refractivity contribution in [2.75, 3.05) is 0 Å². The molecule has 0 spiro atoms. The maximum Gasteiger partial charge on any atom is 0.186 e. The first kappa shape index (κ1) is 15.5. The smallest absolute Gasteiger partial charge is 0.186 e. The summed E-state index contributed by atoms with van der Waals surface area (Å²) in [6.45, 7) is 0. The quantitative estimate of drug-likeness (QED) is 0.363. The minimum Gasteiger partial charge on any atom is -0.290 e. The molecule has 116 valence electrons. The van der Waals surface area contributed by atoms with Crippen molar-refractivity contribution in [2.45, 2.75) is 0 Å². The largest absolute Gasteiger partial charge is 0.290 e. The highest BCUT2D eigenvalue weighted by atomic mass is 79.9. The first-order valence-corrected chi connectivity index (χ1v) is 8.91. The van der Waals surface area contributed by atoms with Gasteiger partial charge in [-0.05, 0) is 69.6 Å². The summed E-state index contributed by atoms with van der Waals surface area (Å²) in [5.41, 5.74) is 1.20. The van der Waals surface area contributed by atoms with Crippen LogP contribution in [0.1, 0.15) is 5.56 Å². The molecular formula is C20H10Br2O2. The van der Waals surface area contributed by atoms with Crippen molar-refractivity contribution >= 4 is 70.5 Å². The van der Waals surface area contributed by atoms with Gasteiger partial charge >= 0.3 is 0 Å². The van der Waals surface area contributed by atoms with E-state index >= 15 is 0 Å². The van der Waals surface area contributed by atoms with Crippen molar-refractivity contribution in [2.24, 2.45) is 0 Å². The second-order valence-electron chi connectivity index (χ2n) is 5.64. The lowest BCUT2D eigenvalue weighted by Gasteiger charge is -2.13. The van der Waals surface area contributed by atoms with E-state index in [1.807, 2.05) is 30.3 Å². The van der Waals surface area contributed by atoms with E-state index < -0.39 is 0 Å². The highest BCUT2D eigenvalue weighted by Gasteiger charge is 2.18. The molecule has 0 N–H and O–H groups in total. The van der Waals surface area contributed by atoms with E-state index in [2.05, 4.69) is 44.0 Å². The molecular weight excluding hydrogens is 432 g/mol. The van der Waals surface area contributed by atoms with Crippen molar-refractivity contribution in [3.63, 3.8) is 0 Å². The van der Waals surface area contributed by atoms with E-state index in [-0.39, 0.29) is 11.6 Å². The Bertz CT molecular complexity index is 1110. The van der Waals surface area contributed by atoms with Crippen molar-refractivity contribution in [3.8, 4) is 0 Å². The molecule has 0 atom stereocenters. The van der Waals surface area contributed by atoms with Gasteiger partial charge in [0.15, 0.2) is 11.6 Å². The van der Waals surface area contributed by atoms with Crippen LogP contribution in [0.25, 0.3) is 27.1 Å². The van der Waals surface area contributed by atoms with Crippen LogP contribution in [0.5, 0.6) is 0 Å². The van der Waals surface area contributed by atoms with Gasteiger partial charge in [0.25, 0.3) is 0 Å². The second-order valence-corrected chi connectivity index (χ2v) is 7.47. The lowest BCUT2D eigenvalue weighted by molar-refractivity contribution is -0.113. The average molecular weight is 442 g/mol. The molecule has 2 nitrogen and oxygen atoms in total. The van der Waals surface area contributed by atoms with Crippen LogP contribution in [0.4, 0.5) is 0 Å². The average Bonchev–Trinajstić information content (AvgIpc) is 2.56. The van der Waals surface area contributed by atoms with Crippen LogP contribution >= 0.6 is 31.9 Å². The van der Waals surface area contributed by atoms with Gasteiger partial charge in [0.2, 0.25) is 0 Å². The summed E-state index contributed by atoms with van der Waals surface area (Å²) >= 11 is 7.05. The number of allylic oxidation sites excluding steroid dienone is 4. The van der Waals surface area contributed by atoms with E-state index in [9.17, 15) is 9.59 Å². The van der Waals surface area contributed by atoms with Crippen LogP contribution in [0.15, 0.2) is 69.6 Å². The fraction of sp³-hybridized carbons (Fsp3) is 0. The van der Waals surface area contributed by atoms with Gasteiger partial charge in [-0.1, -0.05) is 50.1 Å². The van der Waals surface area contributed by atoms with Crippen LogP contribution < -0.4 is 0 Å². The first-order chi connectivity index (χ1) is 11.5. The Balaban J connectivity index is 2.10. The molecule has 0 amide bonds. The van der Waals surface area contributed by atoms with Gasteiger partial charge in [-0.15, -0.1) is 0 Å². The number of hydrogen-bond donors (Lipinski definition) is 0. The van der Waals surface area contributed by atoms with Crippen LogP contribution in [0.3, 0.4) is 0 Å². The number of rotatable bonds is 1. The van der Waals surface area contributed by atoms with Crippen LogP contribution in [0.2, 0.25) is 0 Å². The van der Waals surface area contributed by atoms with Crippen molar-refractivity contribution < 1.29 is 9.59 Å². The van der Waals surface area contributed by atoms with Gasteiger partial charge in [0, 0.05) is 14.5 Å². The first-order valence-electron chi connectivity index (χ1n) is 7.33. The fourth-order valence-corrected chi connectivity index (χ4v) is 3.86. The van der Waals surface area contributed by atoms with E-state index in [1.165, 1.54) is 18.2 Å². The summed E-state index contributed by atoms with van der Waals surface area (Å²) in [5, 5.41) is 4.20. The summed E-state index contributed by atoms with van der Waals surface area (Å²) in [7, 11) is 0. The van der Waals surface area contributed by atoms with Gasteiger partial charge in [0.1, 0.15) is 0 Å². The molecule has 4 rings (SSSR count). The predicted molar refractivity (Wildman–Crippen MR) is 104 cm³/mol. The molecule has 0 saturated heterocycles. The zero-order valence-electron chi connectivity index (χ0n) is 12.3. The molecule has 3 aromatic carbocycles. The zero-order chi connectivity index (χ0) is 16.8. The molecule has 24 heavy (non-hydrogen) atoms. The Morgan fingerprint density at radius 3 is 2.29 bits per heavy atom. The number of hydrogen-bond acceptors (Lipinski definition) is 2. The third kappa shape index (κ3) is 2.56. The minimum atomic E-state index is -0.166.